The molecule has 2 aliphatic heterocycles. The second-order valence-corrected chi connectivity index (χ2v) is 5.07. The summed E-state index contributed by atoms with van der Waals surface area (Å²) in [6, 6.07) is -0.283. The largest absolute Gasteiger partial charge is 0.344 e. The Hall–Kier alpha value is -1.10. The van der Waals surface area contributed by atoms with Gasteiger partial charge in [0.2, 0.25) is 11.8 Å². The highest BCUT2D eigenvalue weighted by Gasteiger charge is 2.30. The maximum Gasteiger partial charge on any atom is 0.244 e. The van der Waals surface area contributed by atoms with Crippen LogP contribution in [0.2, 0.25) is 0 Å². The molecule has 17 heavy (non-hydrogen) atoms. The maximum atomic E-state index is 11.7. The second kappa shape index (κ2) is 5.49. The van der Waals surface area contributed by atoms with Crippen molar-refractivity contribution in [1.29, 1.82) is 0 Å². The van der Waals surface area contributed by atoms with Crippen molar-refractivity contribution < 1.29 is 9.59 Å². The lowest BCUT2D eigenvalue weighted by molar-refractivity contribution is -0.131. The molecule has 5 nitrogen and oxygen atoms in total. The summed E-state index contributed by atoms with van der Waals surface area (Å²) in [6.07, 6.45) is 3.37. The van der Waals surface area contributed by atoms with E-state index in [-0.39, 0.29) is 17.9 Å². The molecular formula is C12H21N3O2. The lowest BCUT2D eigenvalue weighted by Crippen LogP contribution is -2.40. The Morgan fingerprint density at radius 2 is 2.35 bits per heavy atom. The first-order valence-electron chi connectivity index (χ1n) is 6.42. The van der Waals surface area contributed by atoms with Gasteiger partial charge in [-0.2, -0.15) is 0 Å². The van der Waals surface area contributed by atoms with E-state index in [4.69, 9.17) is 0 Å². The minimum Gasteiger partial charge on any atom is -0.344 e. The molecule has 0 aromatic heterocycles. The fourth-order valence-corrected chi connectivity index (χ4v) is 2.52. The van der Waals surface area contributed by atoms with Gasteiger partial charge >= 0.3 is 0 Å². The van der Waals surface area contributed by atoms with E-state index in [9.17, 15) is 9.59 Å². The molecule has 0 aromatic carbocycles. The zero-order chi connectivity index (χ0) is 12.3. The van der Waals surface area contributed by atoms with E-state index < -0.39 is 0 Å². The zero-order valence-corrected chi connectivity index (χ0v) is 10.4. The minimum absolute atomic E-state index is 0.0190. The van der Waals surface area contributed by atoms with Gasteiger partial charge in [0.25, 0.3) is 0 Å². The number of rotatable bonds is 4. The fraction of sp³-hybridized carbons (Fsp3) is 0.833. The van der Waals surface area contributed by atoms with Gasteiger partial charge in [-0.3, -0.25) is 9.59 Å². The first-order chi connectivity index (χ1) is 8.16. The summed E-state index contributed by atoms with van der Waals surface area (Å²) in [7, 11) is 1.78. The number of likely N-dealkylation sites (tertiary alicyclic amines) is 1. The Morgan fingerprint density at radius 1 is 1.53 bits per heavy atom. The molecule has 2 atom stereocenters. The lowest BCUT2D eigenvalue weighted by atomic mass is 10.0. The Kier molecular flexibility index (Phi) is 3.99. The van der Waals surface area contributed by atoms with E-state index in [2.05, 4.69) is 10.6 Å². The highest BCUT2D eigenvalue weighted by atomic mass is 16.2. The normalized spacial score (nSPS) is 28.8. The van der Waals surface area contributed by atoms with Crippen LogP contribution in [-0.4, -0.2) is 49.4 Å². The standard InChI is InChI=1S/C12H21N3O2/c1-15-7-5-10(12(15)17)14-11(16)3-2-9-4-6-13-8-9/h9-10,13H,2-8H2,1H3,(H,14,16). The molecule has 2 unspecified atom stereocenters. The van der Waals surface area contributed by atoms with Gasteiger partial charge in [0.15, 0.2) is 0 Å². The quantitative estimate of drug-likeness (QED) is 0.709. The average molecular weight is 239 g/mol. The van der Waals surface area contributed by atoms with Gasteiger partial charge in [0, 0.05) is 20.0 Å². The molecule has 2 rings (SSSR count). The number of hydrogen-bond donors (Lipinski definition) is 2. The van der Waals surface area contributed by atoms with E-state index in [1.165, 1.54) is 6.42 Å². The van der Waals surface area contributed by atoms with Crippen molar-refractivity contribution in [2.45, 2.75) is 31.7 Å². The third-order valence-electron chi connectivity index (χ3n) is 3.70. The molecule has 0 aliphatic carbocycles. The molecule has 2 fully saturated rings. The molecule has 2 heterocycles. The number of carbonyl (C=O) groups excluding carboxylic acids is 2. The van der Waals surface area contributed by atoms with Crippen LogP contribution in [0.5, 0.6) is 0 Å². The molecule has 96 valence electrons. The summed E-state index contributed by atoms with van der Waals surface area (Å²) < 4.78 is 0. The molecule has 0 spiro atoms. The summed E-state index contributed by atoms with van der Waals surface area (Å²) in [4.78, 5) is 25.0. The fourth-order valence-electron chi connectivity index (χ4n) is 2.52. The van der Waals surface area contributed by atoms with E-state index in [1.807, 2.05) is 0 Å². The average Bonchev–Trinajstić information content (AvgIpc) is 2.92. The summed E-state index contributed by atoms with van der Waals surface area (Å²) in [6.45, 7) is 2.84. The summed E-state index contributed by atoms with van der Waals surface area (Å²) in [5.41, 5.74) is 0. The predicted octanol–water partition coefficient (Wildman–Crippen LogP) is -0.277. The van der Waals surface area contributed by atoms with Crippen LogP contribution in [0.4, 0.5) is 0 Å². The smallest absolute Gasteiger partial charge is 0.244 e. The van der Waals surface area contributed by atoms with Gasteiger partial charge in [-0.15, -0.1) is 0 Å². The van der Waals surface area contributed by atoms with E-state index in [1.54, 1.807) is 11.9 Å². The van der Waals surface area contributed by atoms with Crippen LogP contribution in [0.25, 0.3) is 0 Å². The van der Waals surface area contributed by atoms with Gasteiger partial charge in [0.05, 0.1) is 0 Å². The van der Waals surface area contributed by atoms with Crippen molar-refractivity contribution in [1.82, 2.24) is 15.5 Å². The number of likely N-dealkylation sites (N-methyl/N-ethyl adjacent to an activating group) is 1. The van der Waals surface area contributed by atoms with E-state index in [0.29, 0.717) is 12.3 Å². The van der Waals surface area contributed by atoms with Crippen molar-refractivity contribution in [3.05, 3.63) is 0 Å². The molecular weight excluding hydrogens is 218 g/mol. The monoisotopic (exact) mass is 239 g/mol. The van der Waals surface area contributed by atoms with Crippen molar-refractivity contribution in [3.8, 4) is 0 Å². The van der Waals surface area contributed by atoms with Crippen LogP contribution in [0.1, 0.15) is 25.7 Å². The van der Waals surface area contributed by atoms with Gasteiger partial charge < -0.3 is 15.5 Å². The first kappa shape index (κ1) is 12.4. The number of nitrogens with one attached hydrogen (secondary N) is 2. The number of carbonyl (C=O) groups is 2. The molecule has 0 aromatic rings. The highest BCUT2D eigenvalue weighted by Crippen LogP contribution is 2.15. The van der Waals surface area contributed by atoms with E-state index >= 15 is 0 Å². The third kappa shape index (κ3) is 3.19. The zero-order valence-electron chi connectivity index (χ0n) is 10.4. The van der Waals surface area contributed by atoms with E-state index in [0.717, 1.165) is 32.5 Å². The predicted molar refractivity (Wildman–Crippen MR) is 64.4 cm³/mol. The Labute approximate surface area is 102 Å². The minimum atomic E-state index is -0.283. The first-order valence-corrected chi connectivity index (χ1v) is 6.42. The summed E-state index contributed by atoms with van der Waals surface area (Å²) in [5.74, 6) is 0.689. The van der Waals surface area contributed by atoms with Crippen LogP contribution in [0.3, 0.4) is 0 Å². The van der Waals surface area contributed by atoms with Crippen molar-refractivity contribution in [2.24, 2.45) is 5.92 Å². The molecule has 0 bridgehead atoms. The van der Waals surface area contributed by atoms with Crippen LogP contribution in [-0.2, 0) is 9.59 Å². The Balaban J connectivity index is 1.68. The van der Waals surface area contributed by atoms with Gasteiger partial charge in [-0.1, -0.05) is 0 Å². The maximum absolute atomic E-state index is 11.7. The van der Waals surface area contributed by atoms with Gasteiger partial charge in [-0.25, -0.2) is 0 Å². The molecule has 5 heteroatoms. The summed E-state index contributed by atoms with van der Waals surface area (Å²) >= 11 is 0. The highest BCUT2D eigenvalue weighted by molar-refractivity contribution is 5.88. The molecule has 0 radical (unpaired) electrons. The van der Waals surface area contributed by atoms with Crippen molar-refractivity contribution in [3.63, 3.8) is 0 Å². The molecule has 2 saturated heterocycles. The molecule has 2 N–H and O–H groups in total. The summed E-state index contributed by atoms with van der Waals surface area (Å²) in [5, 5.41) is 6.12. The van der Waals surface area contributed by atoms with Crippen molar-refractivity contribution in [2.75, 3.05) is 26.7 Å². The Morgan fingerprint density at radius 3 is 2.94 bits per heavy atom. The van der Waals surface area contributed by atoms with Gasteiger partial charge in [0.1, 0.15) is 6.04 Å². The second-order valence-electron chi connectivity index (χ2n) is 5.07. The third-order valence-corrected chi connectivity index (χ3v) is 3.70. The lowest BCUT2D eigenvalue weighted by Gasteiger charge is -2.13. The molecule has 0 saturated carbocycles. The molecule has 2 aliphatic rings. The van der Waals surface area contributed by atoms with Crippen LogP contribution >= 0.6 is 0 Å². The SMILES string of the molecule is CN1CCC(NC(=O)CCC2CCNC2)C1=O. The number of nitrogens with zero attached hydrogens (tertiary/aromatic N) is 1. The molecule has 2 amide bonds. The number of hydrogen-bond acceptors (Lipinski definition) is 3. The van der Waals surface area contributed by atoms with Crippen LogP contribution in [0.15, 0.2) is 0 Å². The van der Waals surface area contributed by atoms with Crippen molar-refractivity contribution >= 4 is 11.8 Å². The van der Waals surface area contributed by atoms with Crippen LogP contribution < -0.4 is 10.6 Å². The van der Waals surface area contributed by atoms with Crippen LogP contribution in [0, 0.1) is 5.92 Å². The topological polar surface area (TPSA) is 61.4 Å². The Bertz CT molecular complexity index is 300. The number of amides is 2. The van der Waals surface area contributed by atoms with Gasteiger partial charge in [-0.05, 0) is 38.3 Å².